The van der Waals surface area contributed by atoms with Gasteiger partial charge < -0.3 is 40.3 Å². The zero-order valence-electron chi connectivity index (χ0n) is 24.3. The van der Waals surface area contributed by atoms with Crippen molar-refractivity contribution in [3.63, 3.8) is 0 Å². The maximum atomic E-state index is 12.2. The van der Waals surface area contributed by atoms with Gasteiger partial charge in [-0.25, -0.2) is 4.57 Å². The van der Waals surface area contributed by atoms with E-state index < -0.39 is 69.7 Å². The number of carbonyl (C=O) groups is 1. The van der Waals surface area contributed by atoms with E-state index in [1.165, 1.54) is 19.3 Å². The number of hydrogen-bond acceptors (Lipinski definition) is 11. The molecule has 0 aliphatic heterocycles. The highest BCUT2D eigenvalue weighted by molar-refractivity contribution is 7.47. The number of hydrogen-bond donors (Lipinski definition) is 7. The van der Waals surface area contributed by atoms with Gasteiger partial charge in [-0.3, -0.25) is 13.8 Å². The molecule has 0 radical (unpaired) electrons. The van der Waals surface area contributed by atoms with E-state index in [9.17, 15) is 44.9 Å². The van der Waals surface area contributed by atoms with E-state index in [0.717, 1.165) is 25.7 Å². The maximum Gasteiger partial charge on any atom is 0.472 e. The van der Waals surface area contributed by atoms with Gasteiger partial charge in [-0.05, 0) is 44.9 Å². The molecule has 13 heteroatoms. The quantitative estimate of drug-likeness (QED) is 0.0428. The summed E-state index contributed by atoms with van der Waals surface area (Å²) in [6.45, 7) is 0.728. The number of allylic oxidation sites excluding steroid dienone is 8. The topological polar surface area (TPSA) is 203 Å². The molecule has 0 saturated heterocycles. The molecule has 0 heterocycles. The summed E-state index contributed by atoms with van der Waals surface area (Å²) >= 11 is 0. The Balaban J connectivity index is 2.25. The molecule has 0 amide bonds. The van der Waals surface area contributed by atoms with Crippen LogP contribution in [-0.4, -0.2) is 97.4 Å². The third-order valence-corrected chi connectivity index (χ3v) is 7.45. The molecule has 1 aliphatic carbocycles. The Hall–Kier alpha value is -1.70. The van der Waals surface area contributed by atoms with Crippen molar-refractivity contribution in [3.8, 4) is 0 Å². The second-order valence-corrected chi connectivity index (χ2v) is 11.5. The Bertz CT molecular complexity index is 889. The second kappa shape index (κ2) is 21.9. The van der Waals surface area contributed by atoms with E-state index in [2.05, 4.69) is 47.9 Å². The molecule has 42 heavy (non-hydrogen) atoms. The molecule has 1 fully saturated rings. The SMILES string of the molecule is CCCCCC=CCC=CCC=CCC=CCCCC(=O)O[C@@H](CO)COP(=O)(O)OC1C(O)C(O)C(O)C(O)C1O. The predicted molar refractivity (Wildman–Crippen MR) is 156 cm³/mol. The smallest absolute Gasteiger partial charge is 0.457 e. The minimum Gasteiger partial charge on any atom is -0.457 e. The van der Waals surface area contributed by atoms with Gasteiger partial charge in [-0.15, -0.1) is 0 Å². The fourth-order valence-electron chi connectivity index (χ4n) is 3.98. The van der Waals surface area contributed by atoms with Crippen LogP contribution in [0.4, 0.5) is 0 Å². The Morgan fingerprint density at radius 1 is 0.762 bits per heavy atom. The Labute approximate surface area is 248 Å². The first-order valence-corrected chi connectivity index (χ1v) is 16.0. The standard InChI is InChI=1S/C29H49O12P/c1-2-3-4-5-6-7-8-9-10-11-12-13-14-15-16-17-18-19-23(31)40-22(20-30)21-39-42(37,38)41-29-27(35)25(33)24(32)26(34)28(29)36/h6-7,9-10,12-13,15-16,22,24-30,32-36H,2-5,8,11,14,17-21H2,1H3,(H,37,38)/t22-,24?,25?,26?,27?,28?,29?/m0/s1. The summed E-state index contributed by atoms with van der Waals surface area (Å²) in [6.07, 6.45) is 12.4. The summed E-state index contributed by atoms with van der Waals surface area (Å²) in [4.78, 5) is 22.0. The van der Waals surface area contributed by atoms with Crippen molar-refractivity contribution in [2.24, 2.45) is 0 Å². The molecule has 0 spiro atoms. The third kappa shape index (κ3) is 15.7. The fourth-order valence-corrected chi connectivity index (χ4v) is 4.95. The molecule has 12 nitrogen and oxygen atoms in total. The van der Waals surface area contributed by atoms with Gasteiger partial charge in [0.15, 0.2) is 0 Å². The van der Waals surface area contributed by atoms with Crippen LogP contribution in [0.15, 0.2) is 48.6 Å². The number of aliphatic hydroxyl groups excluding tert-OH is 6. The van der Waals surface area contributed by atoms with Gasteiger partial charge in [0.2, 0.25) is 0 Å². The molecule has 0 bridgehead atoms. The molecule has 6 atom stereocenters. The van der Waals surface area contributed by atoms with Crippen LogP contribution in [-0.2, 0) is 23.1 Å². The molecule has 1 saturated carbocycles. The average molecular weight is 621 g/mol. The van der Waals surface area contributed by atoms with E-state index in [4.69, 9.17) is 9.26 Å². The molecule has 1 aliphatic rings. The van der Waals surface area contributed by atoms with Crippen LogP contribution in [0.25, 0.3) is 0 Å². The molecule has 5 unspecified atom stereocenters. The lowest BCUT2D eigenvalue weighted by atomic mass is 9.85. The largest absolute Gasteiger partial charge is 0.472 e. The van der Waals surface area contributed by atoms with E-state index in [-0.39, 0.29) is 6.42 Å². The Kier molecular flexibility index (Phi) is 20.0. The summed E-state index contributed by atoms with van der Waals surface area (Å²) in [5, 5.41) is 58.3. The summed E-state index contributed by atoms with van der Waals surface area (Å²) in [6, 6.07) is 0. The number of carbonyl (C=O) groups excluding carboxylic acids is 1. The summed E-state index contributed by atoms with van der Waals surface area (Å²) in [7, 11) is -5.02. The van der Waals surface area contributed by atoms with Gasteiger partial charge >= 0.3 is 13.8 Å². The minimum atomic E-state index is -5.02. The lowest BCUT2D eigenvalue weighted by Gasteiger charge is -2.41. The van der Waals surface area contributed by atoms with Crippen molar-refractivity contribution in [1.29, 1.82) is 0 Å². The maximum absolute atomic E-state index is 12.2. The molecule has 0 aromatic rings. The summed E-state index contributed by atoms with van der Waals surface area (Å²) in [5.74, 6) is -0.652. The Morgan fingerprint density at radius 2 is 1.24 bits per heavy atom. The molecule has 242 valence electrons. The van der Waals surface area contributed by atoms with Crippen LogP contribution in [0.2, 0.25) is 0 Å². The highest BCUT2D eigenvalue weighted by Gasteiger charge is 2.51. The number of phosphoric acid groups is 1. The van der Waals surface area contributed by atoms with Gasteiger partial charge in [0, 0.05) is 6.42 Å². The van der Waals surface area contributed by atoms with Crippen molar-refractivity contribution < 1.29 is 58.7 Å². The van der Waals surface area contributed by atoms with Crippen LogP contribution < -0.4 is 0 Å². The first kappa shape index (κ1) is 38.3. The van der Waals surface area contributed by atoms with Crippen LogP contribution in [0.5, 0.6) is 0 Å². The van der Waals surface area contributed by atoms with Crippen LogP contribution in [0.1, 0.15) is 71.1 Å². The third-order valence-electron chi connectivity index (χ3n) is 6.46. The lowest BCUT2D eigenvalue weighted by molar-refractivity contribution is -0.220. The van der Waals surface area contributed by atoms with E-state index >= 15 is 0 Å². The van der Waals surface area contributed by atoms with Crippen molar-refractivity contribution in [1.82, 2.24) is 0 Å². The van der Waals surface area contributed by atoms with Gasteiger partial charge in [-0.1, -0.05) is 68.4 Å². The first-order valence-electron chi connectivity index (χ1n) is 14.5. The van der Waals surface area contributed by atoms with Gasteiger partial charge in [0.05, 0.1) is 13.2 Å². The number of ether oxygens (including phenoxy) is 1. The van der Waals surface area contributed by atoms with Gasteiger partial charge in [0.1, 0.15) is 42.7 Å². The number of esters is 1. The second-order valence-electron chi connectivity index (χ2n) is 10.1. The summed E-state index contributed by atoms with van der Waals surface area (Å²) < 4.78 is 26.7. The predicted octanol–water partition coefficient (Wildman–Crippen LogP) is 2.36. The van der Waals surface area contributed by atoms with Crippen molar-refractivity contribution in [2.45, 2.75) is 114 Å². The highest BCUT2D eigenvalue weighted by atomic mass is 31.2. The number of phosphoric ester groups is 1. The molecule has 0 aromatic heterocycles. The zero-order valence-corrected chi connectivity index (χ0v) is 25.2. The van der Waals surface area contributed by atoms with E-state index in [1.807, 2.05) is 12.2 Å². The molecule has 0 aromatic carbocycles. The van der Waals surface area contributed by atoms with Crippen molar-refractivity contribution in [2.75, 3.05) is 13.2 Å². The normalized spacial score (nSPS) is 27.3. The van der Waals surface area contributed by atoms with Crippen LogP contribution >= 0.6 is 7.82 Å². The lowest BCUT2D eigenvalue weighted by Crippen LogP contribution is -2.64. The molecule has 1 rings (SSSR count). The average Bonchev–Trinajstić information content (AvgIpc) is 2.97. The molecular weight excluding hydrogens is 571 g/mol. The van der Waals surface area contributed by atoms with E-state index in [0.29, 0.717) is 12.8 Å². The van der Waals surface area contributed by atoms with Crippen LogP contribution in [0.3, 0.4) is 0 Å². The highest BCUT2D eigenvalue weighted by Crippen LogP contribution is 2.47. The Morgan fingerprint density at radius 3 is 1.74 bits per heavy atom. The fraction of sp³-hybridized carbons (Fsp3) is 0.690. The molecule has 7 N–H and O–H groups in total. The van der Waals surface area contributed by atoms with Crippen molar-refractivity contribution in [3.05, 3.63) is 48.6 Å². The minimum absolute atomic E-state index is 0.0420. The summed E-state index contributed by atoms with van der Waals surface area (Å²) in [5.41, 5.74) is 0. The van der Waals surface area contributed by atoms with Gasteiger partial charge in [0.25, 0.3) is 0 Å². The van der Waals surface area contributed by atoms with Gasteiger partial charge in [-0.2, -0.15) is 0 Å². The number of unbranched alkanes of at least 4 members (excludes halogenated alkanes) is 4. The monoisotopic (exact) mass is 620 g/mol. The van der Waals surface area contributed by atoms with E-state index in [1.54, 1.807) is 0 Å². The zero-order chi connectivity index (χ0) is 31.4. The first-order chi connectivity index (χ1) is 20.0. The number of rotatable bonds is 21. The molecular formula is C29H49O12P. The van der Waals surface area contributed by atoms with Crippen molar-refractivity contribution >= 4 is 13.8 Å². The number of aliphatic hydroxyl groups is 6. The van der Waals surface area contributed by atoms with Crippen LogP contribution in [0, 0.1) is 0 Å².